The van der Waals surface area contributed by atoms with E-state index < -0.39 is 0 Å². The number of pyridine rings is 1. The summed E-state index contributed by atoms with van der Waals surface area (Å²) in [6, 6.07) is 4.62. The van der Waals surface area contributed by atoms with E-state index in [4.69, 9.17) is 10.4 Å². The van der Waals surface area contributed by atoms with Crippen LogP contribution in [0.3, 0.4) is 0 Å². The summed E-state index contributed by atoms with van der Waals surface area (Å²) >= 11 is 0. The van der Waals surface area contributed by atoms with Gasteiger partial charge >= 0.3 is 0 Å². The molecule has 1 saturated carbocycles. The quantitative estimate of drug-likeness (QED) is 0.518. The molecule has 0 unspecified atom stereocenters. The lowest BCUT2D eigenvalue weighted by molar-refractivity contribution is 0.101. The molecule has 9 heteroatoms. The molecule has 1 saturated heterocycles. The van der Waals surface area contributed by atoms with Gasteiger partial charge in [-0.2, -0.15) is 10.4 Å². The standard InChI is InChI=1S/C26H34N8O/c1-5-20-15-34(22-11-24(35)31(4)23-16-32(10-9-27)30-25(22)23)21(6-2)14-33(20)17(3)19-12-28-26(29-13-19)18-7-8-18/h11-13,16-18,20-21H,5-8,10,14-15H2,1-4H3/t17-,20+,21-/m0/s1. The van der Waals surface area contributed by atoms with Crippen LogP contribution in [0.25, 0.3) is 11.0 Å². The number of hydrogen-bond donors (Lipinski definition) is 0. The molecule has 1 aliphatic heterocycles. The first-order chi connectivity index (χ1) is 16.9. The molecule has 0 aromatic carbocycles. The molecule has 2 fully saturated rings. The summed E-state index contributed by atoms with van der Waals surface area (Å²) in [5.74, 6) is 1.54. The zero-order valence-electron chi connectivity index (χ0n) is 21.1. The van der Waals surface area contributed by atoms with E-state index in [1.165, 1.54) is 12.8 Å². The Morgan fingerprint density at radius 3 is 2.49 bits per heavy atom. The molecule has 5 rings (SSSR count). The summed E-state index contributed by atoms with van der Waals surface area (Å²) in [6.07, 6.45) is 10.2. The number of piperazine rings is 1. The third-order valence-corrected chi connectivity index (χ3v) is 7.77. The molecular formula is C26H34N8O. The van der Waals surface area contributed by atoms with E-state index >= 15 is 0 Å². The molecule has 3 aromatic rings. The lowest BCUT2D eigenvalue weighted by atomic mass is 9.97. The zero-order valence-corrected chi connectivity index (χ0v) is 21.1. The Labute approximate surface area is 206 Å². The van der Waals surface area contributed by atoms with Crippen molar-refractivity contribution in [3.05, 3.63) is 46.4 Å². The molecular weight excluding hydrogens is 440 g/mol. The van der Waals surface area contributed by atoms with Crippen LogP contribution in [0.4, 0.5) is 5.69 Å². The first kappa shape index (κ1) is 23.5. The molecule has 0 amide bonds. The van der Waals surface area contributed by atoms with Crippen LogP contribution in [0.1, 0.15) is 69.8 Å². The number of nitrogens with zero attached hydrogens (tertiary/aromatic N) is 8. The Balaban J connectivity index is 1.46. The fraction of sp³-hybridized carbons (Fsp3) is 0.577. The SMILES string of the molecule is CC[C@H]1CN([C@@H](C)c2cnc(C3CC3)nc2)[C@H](CC)CN1c1cc(=O)n(C)c2cn(CC#N)nc12. The predicted molar refractivity (Wildman–Crippen MR) is 135 cm³/mol. The predicted octanol–water partition coefficient (Wildman–Crippen LogP) is 3.37. The van der Waals surface area contributed by atoms with Crippen molar-refractivity contribution in [1.82, 2.24) is 29.2 Å². The van der Waals surface area contributed by atoms with Crippen molar-refractivity contribution < 1.29 is 0 Å². The average molecular weight is 475 g/mol. The van der Waals surface area contributed by atoms with Crippen LogP contribution in [0.2, 0.25) is 0 Å². The third kappa shape index (κ3) is 4.31. The second kappa shape index (κ2) is 9.42. The van der Waals surface area contributed by atoms with E-state index in [0.29, 0.717) is 12.0 Å². The average Bonchev–Trinajstić information content (AvgIpc) is 3.65. The maximum absolute atomic E-state index is 12.9. The van der Waals surface area contributed by atoms with Crippen molar-refractivity contribution in [1.29, 1.82) is 5.26 Å². The molecule has 2 aliphatic rings. The topological polar surface area (TPSA) is 95.9 Å². The number of rotatable bonds is 7. The normalized spacial score (nSPS) is 21.9. The molecule has 3 atom stereocenters. The van der Waals surface area contributed by atoms with Gasteiger partial charge in [0.15, 0.2) is 0 Å². The van der Waals surface area contributed by atoms with Crippen LogP contribution >= 0.6 is 0 Å². The molecule has 0 N–H and O–H groups in total. The minimum Gasteiger partial charge on any atom is -0.364 e. The molecule has 1 aliphatic carbocycles. The Hall–Kier alpha value is -3.25. The highest BCUT2D eigenvalue weighted by atomic mass is 16.1. The summed E-state index contributed by atoms with van der Waals surface area (Å²) in [7, 11) is 1.76. The number of aromatic nitrogens is 5. The van der Waals surface area contributed by atoms with Crippen molar-refractivity contribution in [3.8, 4) is 6.07 Å². The molecule has 4 heterocycles. The fourth-order valence-corrected chi connectivity index (χ4v) is 5.37. The molecule has 3 aromatic heterocycles. The molecule has 0 radical (unpaired) electrons. The van der Waals surface area contributed by atoms with Gasteiger partial charge in [-0.3, -0.25) is 14.4 Å². The van der Waals surface area contributed by atoms with Gasteiger partial charge in [-0.25, -0.2) is 9.97 Å². The smallest absolute Gasteiger partial charge is 0.252 e. The minimum atomic E-state index is -0.0596. The van der Waals surface area contributed by atoms with E-state index in [2.05, 4.69) is 46.6 Å². The second-order valence-electron chi connectivity index (χ2n) is 9.94. The van der Waals surface area contributed by atoms with Gasteiger partial charge in [0, 0.05) is 68.2 Å². The van der Waals surface area contributed by atoms with Crippen LogP contribution in [0, 0.1) is 11.3 Å². The van der Waals surface area contributed by atoms with Crippen LogP contribution < -0.4 is 10.5 Å². The van der Waals surface area contributed by atoms with Gasteiger partial charge in [0.1, 0.15) is 17.9 Å². The first-order valence-electron chi connectivity index (χ1n) is 12.7. The lowest BCUT2D eigenvalue weighted by Crippen LogP contribution is -2.58. The van der Waals surface area contributed by atoms with Crippen molar-refractivity contribution in [2.45, 2.75) is 77.0 Å². The summed E-state index contributed by atoms with van der Waals surface area (Å²) in [6.45, 7) is 8.53. The maximum atomic E-state index is 12.9. The molecule has 35 heavy (non-hydrogen) atoms. The van der Waals surface area contributed by atoms with E-state index in [-0.39, 0.29) is 24.2 Å². The summed E-state index contributed by atoms with van der Waals surface area (Å²) in [5, 5.41) is 13.8. The number of anilines is 1. The van der Waals surface area contributed by atoms with Gasteiger partial charge < -0.3 is 9.47 Å². The van der Waals surface area contributed by atoms with E-state index in [1.807, 2.05) is 12.4 Å². The molecule has 0 spiro atoms. The largest absolute Gasteiger partial charge is 0.364 e. The van der Waals surface area contributed by atoms with Gasteiger partial charge in [0.25, 0.3) is 5.56 Å². The minimum absolute atomic E-state index is 0.0596. The highest BCUT2D eigenvalue weighted by Crippen LogP contribution is 2.38. The van der Waals surface area contributed by atoms with E-state index in [9.17, 15) is 4.79 Å². The summed E-state index contributed by atoms with van der Waals surface area (Å²) < 4.78 is 3.23. The van der Waals surface area contributed by atoms with Crippen LogP contribution in [-0.2, 0) is 13.6 Å². The number of aryl methyl sites for hydroxylation is 1. The lowest BCUT2D eigenvalue weighted by Gasteiger charge is -2.49. The van der Waals surface area contributed by atoms with Crippen LogP contribution in [-0.4, -0.2) is 54.4 Å². The summed E-state index contributed by atoms with van der Waals surface area (Å²) in [4.78, 5) is 27.1. The first-order valence-corrected chi connectivity index (χ1v) is 12.7. The van der Waals surface area contributed by atoms with Crippen molar-refractivity contribution in [2.75, 3.05) is 18.0 Å². The third-order valence-electron chi connectivity index (χ3n) is 7.77. The number of nitriles is 1. The Morgan fingerprint density at radius 2 is 1.86 bits per heavy atom. The van der Waals surface area contributed by atoms with Crippen molar-refractivity contribution in [3.63, 3.8) is 0 Å². The van der Waals surface area contributed by atoms with Gasteiger partial charge in [-0.1, -0.05) is 13.8 Å². The van der Waals surface area contributed by atoms with E-state index in [1.54, 1.807) is 28.6 Å². The molecule has 0 bridgehead atoms. The van der Waals surface area contributed by atoms with Crippen molar-refractivity contribution in [2.24, 2.45) is 7.05 Å². The van der Waals surface area contributed by atoms with Gasteiger partial charge in [0.05, 0.1) is 23.5 Å². The van der Waals surface area contributed by atoms with Gasteiger partial charge in [-0.05, 0) is 32.6 Å². The number of fused-ring (bicyclic) bond motifs is 1. The monoisotopic (exact) mass is 474 g/mol. The van der Waals surface area contributed by atoms with Gasteiger partial charge in [0.2, 0.25) is 0 Å². The highest BCUT2D eigenvalue weighted by molar-refractivity contribution is 5.88. The van der Waals surface area contributed by atoms with Crippen LogP contribution in [0.5, 0.6) is 0 Å². The van der Waals surface area contributed by atoms with Gasteiger partial charge in [-0.15, -0.1) is 0 Å². The van der Waals surface area contributed by atoms with Crippen molar-refractivity contribution >= 4 is 16.7 Å². The van der Waals surface area contributed by atoms with E-state index in [0.717, 1.165) is 54.0 Å². The Bertz CT molecular complexity index is 1300. The zero-order chi connectivity index (χ0) is 24.7. The maximum Gasteiger partial charge on any atom is 0.252 e. The Morgan fingerprint density at radius 1 is 1.14 bits per heavy atom. The second-order valence-corrected chi connectivity index (χ2v) is 9.94. The Kier molecular flexibility index (Phi) is 6.32. The number of hydrogen-bond acceptors (Lipinski definition) is 7. The molecule has 9 nitrogen and oxygen atoms in total. The molecule has 184 valence electrons. The fourth-order valence-electron chi connectivity index (χ4n) is 5.37. The highest BCUT2D eigenvalue weighted by Gasteiger charge is 2.36. The van der Waals surface area contributed by atoms with Crippen LogP contribution in [0.15, 0.2) is 29.5 Å². The summed E-state index contributed by atoms with van der Waals surface area (Å²) in [5.41, 5.74) is 3.50.